The number of hydrogen-bond donors (Lipinski definition) is 2. The average Bonchev–Trinajstić information content (AvgIpc) is 2.85. The van der Waals surface area contributed by atoms with Gasteiger partial charge in [-0.1, -0.05) is 12.1 Å². The Bertz CT molecular complexity index is 348. The van der Waals surface area contributed by atoms with Crippen molar-refractivity contribution in [2.24, 2.45) is 0 Å². The van der Waals surface area contributed by atoms with Crippen LogP contribution in [0.1, 0.15) is 43.7 Å². The third-order valence-electron chi connectivity index (χ3n) is 2.79. The van der Waals surface area contributed by atoms with E-state index < -0.39 is 5.60 Å². The molecule has 1 aromatic carbocycles. The second-order valence-electron chi connectivity index (χ2n) is 4.68. The van der Waals surface area contributed by atoms with Crippen LogP contribution < -0.4 is 5.73 Å². The van der Waals surface area contributed by atoms with E-state index in [1.165, 1.54) is 18.4 Å². The van der Waals surface area contributed by atoms with E-state index in [0.29, 0.717) is 11.6 Å². The Labute approximate surface area is 84.7 Å². The summed E-state index contributed by atoms with van der Waals surface area (Å²) in [4.78, 5) is 0. The van der Waals surface area contributed by atoms with Gasteiger partial charge in [0, 0.05) is 11.3 Å². The molecule has 1 aromatic rings. The maximum absolute atomic E-state index is 9.92. The first-order chi connectivity index (χ1) is 6.48. The van der Waals surface area contributed by atoms with Crippen molar-refractivity contribution in [3.05, 3.63) is 29.3 Å². The standard InChI is InChI=1S/C12H17NO/c1-12(2,14)10-7-9(8-3-4-8)5-6-11(10)13/h5-8,14H,3-4,13H2,1-2H3. The van der Waals surface area contributed by atoms with Crippen molar-refractivity contribution in [1.29, 1.82) is 0 Å². The van der Waals surface area contributed by atoms with Crippen LogP contribution in [0.5, 0.6) is 0 Å². The number of aliphatic hydroxyl groups is 1. The molecule has 2 heteroatoms. The molecule has 3 N–H and O–H groups in total. The van der Waals surface area contributed by atoms with Gasteiger partial charge in [0.1, 0.15) is 0 Å². The Morgan fingerprint density at radius 2 is 2.00 bits per heavy atom. The zero-order valence-corrected chi connectivity index (χ0v) is 8.75. The monoisotopic (exact) mass is 191 g/mol. The fourth-order valence-electron chi connectivity index (χ4n) is 1.77. The van der Waals surface area contributed by atoms with Crippen LogP contribution in [0.3, 0.4) is 0 Å². The van der Waals surface area contributed by atoms with Crippen LogP contribution >= 0.6 is 0 Å². The third kappa shape index (κ3) is 1.75. The van der Waals surface area contributed by atoms with Gasteiger partial charge in [-0.25, -0.2) is 0 Å². The fraction of sp³-hybridized carbons (Fsp3) is 0.500. The summed E-state index contributed by atoms with van der Waals surface area (Å²) < 4.78 is 0. The molecule has 0 aromatic heterocycles. The summed E-state index contributed by atoms with van der Waals surface area (Å²) in [6.45, 7) is 3.55. The first-order valence-corrected chi connectivity index (χ1v) is 5.11. The van der Waals surface area contributed by atoms with E-state index in [1.807, 2.05) is 12.1 Å². The van der Waals surface area contributed by atoms with Gasteiger partial charge in [0.15, 0.2) is 0 Å². The van der Waals surface area contributed by atoms with Gasteiger partial charge < -0.3 is 10.8 Å². The third-order valence-corrected chi connectivity index (χ3v) is 2.79. The van der Waals surface area contributed by atoms with Crippen LogP contribution in [0, 0.1) is 0 Å². The van der Waals surface area contributed by atoms with Crippen molar-refractivity contribution in [2.45, 2.75) is 38.2 Å². The molecule has 0 atom stereocenters. The van der Waals surface area contributed by atoms with Crippen molar-refractivity contribution >= 4 is 5.69 Å². The predicted molar refractivity (Wildman–Crippen MR) is 58.1 cm³/mol. The van der Waals surface area contributed by atoms with Crippen LogP contribution in [0.15, 0.2) is 18.2 Å². The van der Waals surface area contributed by atoms with E-state index in [1.54, 1.807) is 13.8 Å². The SMILES string of the molecule is CC(C)(O)c1cc(C2CC2)ccc1N. The largest absolute Gasteiger partial charge is 0.398 e. The van der Waals surface area contributed by atoms with Crippen molar-refractivity contribution in [1.82, 2.24) is 0 Å². The molecular weight excluding hydrogens is 174 g/mol. The Balaban J connectivity index is 2.41. The quantitative estimate of drug-likeness (QED) is 0.705. The summed E-state index contributed by atoms with van der Waals surface area (Å²) >= 11 is 0. The zero-order valence-electron chi connectivity index (χ0n) is 8.75. The van der Waals surface area contributed by atoms with Crippen molar-refractivity contribution < 1.29 is 5.11 Å². The highest BCUT2D eigenvalue weighted by atomic mass is 16.3. The van der Waals surface area contributed by atoms with Gasteiger partial charge in [-0.05, 0) is 44.2 Å². The van der Waals surface area contributed by atoms with E-state index in [0.717, 1.165) is 5.56 Å². The summed E-state index contributed by atoms with van der Waals surface area (Å²) in [5.74, 6) is 0.705. The maximum atomic E-state index is 9.92. The van der Waals surface area contributed by atoms with Gasteiger partial charge in [-0.3, -0.25) is 0 Å². The lowest BCUT2D eigenvalue weighted by molar-refractivity contribution is 0.0793. The van der Waals surface area contributed by atoms with Crippen molar-refractivity contribution in [2.75, 3.05) is 5.73 Å². The molecule has 1 aliphatic rings. The Morgan fingerprint density at radius 1 is 1.36 bits per heavy atom. The molecule has 0 saturated heterocycles. The Morgan fingerprint density at radius 3 is 2.50 bits per heavy atom. The van der Waals surface area contributed by atoms with Crippen LogP contribution in [-0.4, -0.2) is 5.11 Å². The second kappa shape index (κ2) is 2.99. The lowest BCUT2D eigenvalue weighted by Gasteiger charge is -2.20. The molecule has 0 radical (unpaired) electrons. The molecule has 0 aliphatic heterocycles. The smallest absolute Gasteiger partial charge is 0.0860 e. The molecule has 0 heterocycles. The number of anilines is 1. The molecular formula is C12H17NO. The van der Waals surface area contributed by atoms with Crippen LogP contribution in [0.25, 0.3) is 0 Å². The van der Waals surface area contributed by atoms with Crippen LogP contribution in [0.2, 0.25) is 0 Å². The highest BCUT2D eigenvalue weighted by Crippen LogP contribution is 2.41. The van der Waals surface area contributed by atoms with E-state index in [-0.39, 0.29) is 0 Å². The van der Waals surface area contributed by atoms with E-state index in [4.69, 9.17) is 5.73 Å². The van der Waals surface area contributed by atoms with E-state index in [9.17, 15) is 5.11 Å². The zero-order chi connectivity index (χ0) is 10.3. The number of rotatable bonds is 2. The van der Waals surface area contributed by atoms with Crippen LogP contribution in [-0.2, 0) is 5.60 Å². The maximum Gasteiger partial charge on any atom is 0.0860 e. The van der Waals surface area contributed by atoms with Crippen molar-refractivity contribution in [3.63, 3.8) is 0 Å². The highest BCUT2D eigenvalue weighted by Gasteiger charge is 2.26. The molecule has 2 rings (SSSR count). The molecule has 0 spiro atoms. The van der Waals surface area contributed by atoms with Gasteiger partial charge in [-0.2, -0.15) is 0 Å². The van der Waals surface area contributed by atoms with Gasteiger partial charge in [0.05, 0.1) is 5.60 Å². The molecule has 2 nitrogen and oxygen atoms in total. The van der Waals surface area contributed by atoms with Gasteiger partial charge in [0.25, 0.3) is 0 Å². The molecule has 1 fully saturated rings. The number of nitrogens with two attached hydrogens (primary N) is 1. The Kier molecular flexibility index (Phi) is 2.04. The normalized spacial score (nSPS) is 17.1. The molecule has 0 bridgehead atoms. The minimum Gasteiger partial charge on any atom is -0.398 e. The van der Waals surface area contributed by atoms with Gasteiger partial charge >= 0.3 is 0 Å². The first kappa shape index (κ1) is 9.53. The number of hydrogen-bond acceptors (Lipinski definition) is 2. The summed E-state index contributed by atoms with van der Waals surface area (Å²) in [6.07, 6.45) is 2.55. The van der Waals surface area contributed by atoms with E-state index >= 15 is 0 Å². The molecule has 76 valence electrons. The minimum absolute atomic E-state index is 0.682. The summed E-state index contributed by atoms with van der Waals surface area (Å²) in [5, 5.41) is 9.92. The summed E-state index contributed by atoms with van der Waals surface area (Å²) in [7, 11) is 0. The van der Waals surface area contributed by atoms with E-state index in [2.05, 4.69) is 6.07 Å². The molecule has 0 unspecified atom stereocenters. The lowest BCUT2D eigenvalue weighted by Crippen LogP contribution is -2.17. The van der Waals surface area contributed by atoms with Gasteiger partial charge in [0.2, 0.25) is 0 Å². The predicted octanol–water partition coefficient (Wildman–Crippen LogP) is 2.37. The molecule has 1 aliphatic carbocycles. The average molecular weight is 191 g/mol. The summed E-state index contributed by atoms with van der Waals surface area (Å²) in [6, 6.07) is 6.02. The summed E-state index contributed by atoms with van der Waals surface area (Å²) in [5.41, 5.74) is 7.85. The minimum atomic E-state index is -0.838. The first-order valence-electron chi connectivity index (χ1n) is 5.11. The number of benzene rings is 1. The topological polar surface area (TPSA) is 46.2 Å². The molecule has 0 amide bonds. The highest BCUT2D eigenvalue weighted by molar-refractivity contribution is 5.52. The molecule has 1 saturated carbocycles. The lowest BCUT2D eigenvalue weighted by atomic mass is 9.93. The molecule has 14 heavy (non-hydrogen) atoms. The van der Waals surface area contributed by atoms with Crippen molar-refractivity contribution in [3.8, 4) is 0 Å². The fourth-order valence-corrected chi connectivity index (χ4v) is 1.77. The van der Waals surface area contributed by atoms with Crippen LogP contribution in [0.4, 0.5) is 5.69 Å². The number of nitrogen functional groups attached to an aromatic ring is 1. The van der Waals surface area contributed by atoms with Gasteiger partial charge in [-0.15, -0.1) is 0 Å². The Hall–Kier alpha value is -1.02. The second-order valence-corrected chi connectivity index (χ2v) is 4.68.